The van der Waals surface area contributed by atoms with Crippen LogP contribution in [0.25, 0.3) is 11.0 Å². The lowest BCUT2D eigenvalue weighted by Gasteiger charge is -2.36. The van der Waals surface area contributed by atoms with Gasteiger partial charge < -0.3 is 9.88 Å². The van der Waals surface area contributed by atoms with E-state index in [0.29, 0.717) is 12.1 Å². The smallest absolute Gasteiger partial charge is 0.283 e. The Bertz CT molecular complexity index is 1130. The standard InChI is InChI=1S/C22H27N7O2.2ClH/c1-3-16-11-19-20(26-21(16)30)10-15(12-24-19)14-28-6-8-29(9-7-28)17-4-5-18(25-13-17)22(31)27-23-2;;/h4-5,10-13,23H,3,6-9,14H2,1-2H3,(H,26,30)(H,27,31);2*1H. The van der Waals surface area contributed by atoms with E-state index in [-0.39, 0.29) is 36.3 Å². The summed E-state index contributed by atoms with van der Waals surface area (Å²) < 4.78 is 0. The number of nitrogens with one attached hydrogen (secondary N) is 3. The zero-order valence-electron chi connectivity index (χ0n) is 18.6. The topological polar surface area (TPSA) is 106 Å². The average Bonchev–Trinajstić information content (AvgIpc) is 2.79. The molecule has 0 unspecified atom stereocenters. The molecule has 3 N–H and O–H groups in total. The molecular weight excluding hydrogens is 465 g/mol. The van der Waals surface area contributed by atoms with E-state index in [1.54, 1.807) is 19.3 Å². The molecule has 0 bridgehead atoms. The first-order valence-electron chi connectivity index (χ1n) is 10.5. The Morgan fingerprint density at radius 2 is 1.85 bits per heavy atom. The van der Waals surface area contributed by atoms with Gasteiger partial charge in [-0.25, -0.2) is 10.4 Å². The van der Waals surface area contributed by atoms with Crippen LogP contribution in [0.4, 0.5) is 5.69 Å². The van der Waals surface area contributed by atoms with E-state index in [1.807, 2.05) is 31.3 Å². The summed E-state index contributed by atoms with van der Waals surface area (Å²) in [6.45, 7) is 6.32. The van der Waals surface area contributed by atoms with Crippen LogP contribution in [0.15, 0.2) is 41.5 Å². The fraction of sp³-hybridized carbons (Fsp3) is 0.364. The molecule has 1 amide bonds. The summed E-state index contributed by atoms with van der Waals surface area (Å²) in [6, 6.07) is 7.56. The second-order valence-electron chi connectivity index (χ2n) is 7.62. The minimum absolute atomic E-state index is 0. The fourth-order valence-electron chi connectivity index (χ4n) is 3.82. The minimum atomic E-state index is -0.255. The number of aryl methyl sites for hydroxylation is 1. The number of hydrogen-bond acceptors (Lipinski definition) is 7. The highest BCUT2D eigenvalue weighted by molar-refractivity contribution is 5.92. The summed E-state index contributed by atoms with van der Waals surface area (Å²) >= 11 is 0. The molecule has 0 aromatic carbocycles. The van der Waals surface area contributed by atoms with Gasteiger partial charge in [0.15, 0.2) is 0 Å². The van der Waals surface area contributed by atoms with E-state index in [4.69, 9.17) is 0 Å². The number of aromatic nitrogens is 3. The van der Waals surface area contributed by atoms with E-state index in [0.717, 1.165) is 60.6 Å². The normalized spacial score (nSPS) is 13.8. The van der Waals surface area contributed by atoms with Crippen molar-refractivity contribution >= 4 is 47.4 Å². The van der Waals surface area contributed by atoms with Crippen molar-refractivity contribution in [2.75, 3.05) is 38.1 Å². The number of carbonyl (C=O) groups is 1. The van der Waals surface area contributed by atoms with Crippen molar-refractivity contribution in [3.8, 4) is 0 Å². The maximum atomic E-state index is 12.1. The van der Waals surface area contributed by atoms with E-state index >= 15 is 0 Å². The Balaban J connectivity index is 0.00000193. The Kier molecular flexibility index (Phi) is 9.60. The van der Waals surface area contributed by atoms with Gasteiger partial charge in [-0.1, -0.05) is 6.92 Å². The summed E-state index contributed by atoms with van der Waals surface area (Å²) in [5, 5.41) is 0. The summed E-state index contributed by atoms with van der Waals surface area (Å²) in [6.07, 6.45) is 4.33. The van der Waals surface area contributed by atoms with Crippen LogP contribution in [0, 0.1) is 0 Å². The van der Waals surface area contributed by atoms with Crippen LogP contribution in [0.3, 0.4) is 0 Å². The van der Waals surface area contributed by atoms with Gasteiger partial charge in [-0.15, -0.1) is 24.8 Å². The number of rotatable bonds is 6. The predicted octanol–water partition coefficient (Wildman–Crippen LogP) is 1.91. The minimum Gasteiger partial charge on any atom is -0.368 e. The molecule has 0 spiro atoms. The molecule has 0 saturated carbocycles. The van der Waals surface area contributed by atoms with Crippen molar-refractivity contribution in [3.63, 3.8) is 0 Å². The van der Waals surface area contributed by atoms with Crippen LogP contribution in [-0.4, -0.2) is 59.0 Å². The third-order valence-corrected chi connectivity index (χ3v) is 5.57. The second kappa shape index (κ2) is 11.9. The molecule has 0 atom stereocenters. The van der Waals surface area contributed by atoms with Gasteiger partial charge in [-0.05, 0) is 36.2 Å². The average molecular weight is 494 g/mol. The molecule has 33 heavy (non-hydrogen) atoms. The highest BCUT2D eigenvalue weighted by atomic mass is 35.5. The van der Waals surface area contributed by atoms with Gasteiger partial charge in [0.25, 0.3) is 11.5 Å². The number of H-pyrrole nitrogens is 1. The lowest BCUT2D eigenvalue weighted by atomic mass is 10.1. The second-order valence-corrected chi connectivity index (χ2v) is 7.62. The van der Waals surface area contributed by atoms with Crippen LogP contribution in [0.1, 0.15) is 28.5 Å². The zero-order chi connectivity index (χ0) is 21.8. The first kappa shape index (κ1) is 26.5. The third kappa shape index (κ3) is 6.20. The lowest BCUT2D eigenvalue weighted by molar-refractivity contribution is 0.0933. The molecule has 3 aromatic heterocycles. The van der Waals surface area contributed by atoms with Crippen LogP contribution in [0.2, 0.25) is 0 Å². The van der Waals surface area contributed by atoms with Crippen molar-refractivity contribution in [1.82, 2.24) is 30.7 Å². The highest BCUT2D eigenvalue weighted by Crippen LogP contribution is 2.18. The van der Waals surface area contributed by atoms with Gasteiger partial charge in [-0.3, -0.25) is 24.9 Å². The number of pyridine rings is 3. The van der Waals surface area contributed by atoms with Crippen molar-refractivity contribution in [2.24, 2.45) is 0 Å². The zero-order valence-corrected chi connectivity index (χ0v) is 20.3. The number of carbonyl (C=O) groups excluding carboxylic acids is 1. The molecule has 1 aliphatic heterocycles. The molecule has 0 radical (unpaired) electrons. The van der Waals surface area contributed by atoms with Gasteiger partial charge in [0.05, 0.1) is 22.9 Å². The Morgan fingerprint density at radius 3 is 2.48 bits per heavy atom. The van der Waals surface area contributed by atoms with Crippen LogP contribution in [0.5, 0.6) is 0 Å². The quantitative estimate of drug-likeness (QED) is 0.450. The predicted molar refractivity (Wildman–Crippen MR) is 134 cm³/mol. The van der Waals surface area contributed by atoms with Crippen LogP contribution < -0.4 is 21.3 Å². The Morgan fingerprint density at radius 1 is 1.09 bits per heavy atom. The molecule has 11 heteroatoms. The Labute approximate surface area is 204 Å². The molecule has 1 fully saturated rings. The number of fused-ring (bicyclic) bond motifs is 1. The number of anilines is 1. The monoisotopic (exact) mass is 493 g/mol. The number of piperazine rings is 1. The van der Waals surface area contributed by atoms with Crippen molar-refractivity contribution < 1.29 is 4.79 Å². The molecule has 1 saturated heterocycles. The maximum absolute atomic E-state index is 12.1. The molecule has 0 aliphatic carbocycles. The SMILES string of the molecule is CCc1cc2ncc(CN3CCN(c4ccc(C(=O)NNC)nc4)CC3)cc2[nH]c1=O.Cl.Cl. The number of aromatic amines is 1. The van der Waals surface area contributed by atoms with Crippen molar-refractivity contribution in [1.29, 1.82) is 0 Å². The first-order chi connectivity index (χ1) is 15.1. The maximum Gasteiger partial charge on any atom is 0.283 e. The summed E-state index contributed by atoms with van der Waals surface area (Å²) in [4.78, 5) is 40.3. The summed E-state index contributed by atoms with van der Waals surface area (Å²) in [5.41, 5.74) is 9.93. The first-order valence-corrected chi connectivity index (χ1v) is 10.5. The summed E-state index contributed by atoms with van der Waals surface area (Å²) in [7, 11) is 1.64. The van der Waals surface area contributed by atoms with E-state index < -0.39 is 0 Å². The molecule has 178 valence electrons. The van der Waals surface area contributed by atoms with Crippen molar-refractivity contribution in [2.45, 2.75) is 19.9 Å². The number of amides is 1. The van der Waals surface area contributed by atoms with Gasteiger partial charge in [-0.2, -0.15) is 0 Å². The number of halogens is 2. The van der Waals surface area contributed by atoms with Crippen molar-refractivity contribution in [3.05, 3.63) is 63.8 Å². The third-order valence-electron chi connectivity index (χ3n) is 5.57. The van der Waals surface area contributed by atoms with Gasteiger partial charge in [0.2, 0.25) is 0 Å². The Hall–Kier alpha value is -2.72. The van der Waals surface area contributed by atoms with Gasteiger partial charge in [0.1, 0.15) is 5.69 Å². The van der Waals surface area contributed by atoms with E-state index in [1.165, 1.54) is 0 Å². The molecule has 4 heterocycles. The molecule has 3 aromatic rings. The van der Waals surface area contributed by atoms with E-state index in [9.17, 15) is 9.59 Å². The lowest BCUT2D eigenvalue weighted by Crippen LogP contribution is -2.46. The largest absolute Gasteiger partial charge is 0.368 e. The highest BCUT2D eigenvalue weighted by Gasteiger charge is 2.18. The summed E-state index contributed by atoms with van der Waals surface area (Å²) in [5.74, 6) is -0.255. The number of hydrogen-bond donors (Lipinski definition) is 3. The molecular formula is C22H29Cl2N7O2. The molecule has 4 rings (SSSR count). The molecule has 1 aliphatic rings. The van der Waals surface area contributed by atoms with Crippen LogP contribution in [-0.2, 0) is 13.0 Å². The van der Waals surface area contributed by atoms with Gasteiger partial charge >= 0.3 is 0 Å². The number of hydrazine groups is 1. The van der Waals surface area contributed by atoms with Crippen LogP contribution >= 0.6 is 24.8 Å². The number of nitrogens with zero attached hydrogens (tertiary/aromatic N) is 4. The molecule has 9 nitrogen and oxygen atoms in total. The van der Waals surface area contributed by atoms with E-state index in [2.05, 4.69) is 35.6 Å². The fourth-order valence-corrected chi connectivity index (χ4v) is 3.82. The van der Waals surface area contributed by atoms with Gasteiger partial charge in [0, 0.05) is 51.5 Å².